The third-order valence-electron chi connectivity index (χ3n) is 4.25. The van der Waals surface area contributed by atoms with E-state index in [9.17, 15) is 9.59 Å². The minimum absolute atomic E-state index is 0.0439. The highest BCUT2D eigenvalue weighted by molar-refractivity contribution is 6.54. The van der Waals surface area contributed by atoms with Gasteiger partial charge in [0.25, 0.3) is 5.91 Å². The van der Waals surface area contributed by atoms with Crippen molar-refractivity contribution in [1.82, 2.24) is 0 Å². The van der Waals surface area contributed by atoms with Crippen LogP contribution in [0.3, 0.4) is 0 Å². The fraction of sp³-hybridized carbons (Fsp3) is 0.250. The van der Waals surface area contributed by atoms with Crippen LogP contribution in [0, 0.1) is 0 Å². The van der Waals surface area contributed by atoms with Gasteiger partial charge in [-0.2, -0.15) is 0 Å². The molecule has 0 saturated carbocycles. The molecule has 1 heterocycles. The predicted octanol–water partition coefficient (Wildman–Crippen LogP) is 5.63. The summed E-state index contributed by atoms with van der Waals surface area (Å²) >= 11 is 18.1. The van der Waals surface area contributed by atoms with E-state index in [4.69, 9.17) is 39.6 Å². The number of anilines is 1. The zero-order valence-corrected chi connectivity index (χ0v) is 17.3. The molecule has 0 N–H and O–H groups in total. The standard InChI is InChI=1S/C20H17Cl3N2O3/c1-2-3-4-18(26)28-24-19-14-10-13(21)6-8-17(14)25(20(19)27)11-12-5-7-15(22)16(23)9-12/h5-10H,2-4,11H2,1H3/b24-19-. The smallest absolute Gasteiger partial charge is 0.317 e. The van der Waals surface area contributed by atoms with Gasteiger partial charge in [-0.3, -0.25) is 4.79 Å². The maximum absolute atomic E-state index is 13.0. The van der Waals surface area contributed by atoms with E-state index in [1.807, 2.05) is 6.92 Å². The molecule has 1 aliphatic rings. The predicted molar refractivity (Wildman–Crippen MR) is 111 cm³/mol. The lowest BCUT2D eigenvalue weighted by Gasteiger charge is -2.17. The van der Waals surface area contributed by atoms with Crippen molar-refractivity contribution in [3.63, 3.8) is 0 Å². The molecule has 28 heavy (non-hydrogen) atoms. The van der Waals surface area contributed by atoms with Gasteiger partial charge in [-0.1, -0.05) is 59.4 Å². The molecule has 0 unspecified atom stereocenters. The Kier molecular flexibility index (Phi) is 6.60. The van der Waals surface area contributed by atoms with E-state index in [2.05, 4.69) is 5.16 Å². The third kappa shape index (κ3) is 4.49. The second-order valence-corrected chi connectivity index (χ2v) is 7.56. The highest BCUT2D eigenvalue weighted by Gasteiger charge is 2.35. The SMILES string of the molecule is CCCCC(=O)O/N=C1\C(=O)N(Cc2ccc(Cl)c(Cl)c2)c2ccc(Cl)cc21. The Hall–Kier alpha value is -2.08. The summed E-state index contributed by atoms with van der Waals surface area (Å²) in [6.45, 7) is 2.23. The molecule has 2 aromatic rings. The quantitative estimate of drug-likeness (QED) is 0.433. The topological polar surface area (TPSA) is 59.0 Å². The van der Waals surface area contributed by atoms with Gasteiger partial charge in [0, 0.05) is 17.0 Å². The molecular formula is C20H17Cl3N2O3. The summed E-state index contributed by atoms with van der Waals surface area (Å²) in [5.41, 5.74) is 1.98. The summed E-state index contributed by atoms with van der Waals surface area (Å²) in [6.07, 6.45) is 1.81. The van der Waals surface area contributed by atoms with Gasteiger partial charge in [-0.15, -0.1) is 0 Å². The maximum Gasteiger partial charge on any atom is 0.335 e. The van der Waals surface area contributed by atoms with Crippen LogP contribution in [0.2, 0.25) is 15.1 Å². The molecule has 0 fully saturated rings. The number of halogens is 3. The molecule has 0 aromatic heterocycles. The average Bonchev–Trinajstić information content (AvgIpc) is 2.92. The van der Waals surface area contributed by atoms with E-state index < -0.39 is 5.97 Å². The molecule has 1 amide bonds. The molecule has 146 valence electrons. The monoisotopic (exact) mass is 438 g/mol. The van der Waals surface area contributed by atoms with Gasteiger partial charge in [0.05, 0.1) is 22.3 Å². The lowest BCUT2D eigenvalue weighted by atomic mass is 10.1. The number of hydrogen-bond acceptors (Lipinski definition) is 4. The molecule has 1 aliphatic heterocycles. The number of carbonyl (C=O) groups excluding carboxylic acids is 2. The summed E-state index contributed by atoms with van der Waals surface area (Å²) in [6, 6.07) is 10.2. The van der Waals surface area contributed by atoms with Gasteiger partial charge in [0.2, 0.25) is 0 Å². The number of unbranched alkanes of at least 4 members (excludes halogenated alkanes) is 1. The van der Waals surface area contributed by atoms with E-state index in [-0.39, 0.29) is 24.6 Å². The van der Waals surface area contributed by atoms with Crippen LogP contribution in [-0.2, 0) is 21.0 Å². The number of rotatable bonds is 6. The Morgan fingerprint density at radius 2 is 1.89 bits per heavy atom. The minimum Gasteiger partial charge on any atom is -0.317 e. The fourth-order valence-electron chi connectivity index (χ4n) is 2.81. The first-order valence-electron chi connectivity index (χ1n) is 8.74. The van der Waals surface area contributed by atoms with Crippen LogP contribution in [0.25, 0.3) is 0 Å². The summed E-state index contributed by atoms with van der Waals surface area (Å²) in [4.78, 5) is 31.2. The third-order valence-corrected chi connectivity index (χ3v) is 5.22. The van der Waals surface area contributed by atoms with Gasteiger partial charge in [0.15, 0.2) is 5.71 Å². The van der Waals surface area contributed by atoms with Crippen molar-refractivity contribution in [2.24, 2.45) is 5.16 Å². The first-order chi connectivity index (χ1) is 13.4. The number of fused-ring (bicyclic) bond motifs is 1. The lowest BCUT2D eigenvalue weighted by Crippen LogP contribution is -2.29. The molecule has 5 nitrogen and oxygen atoms in total. The van der Waals surface area contributed by atoms with Crippen LogP contribution in [-0.4, -0.2) is 17.6 Å². The van der Waals surface area contributed by atoms with Crippen molar-refractivity contribution in [2.75, 3.05) is 4.90 Å². The Labute approximate surface area is 177 Å². The zero-order valence-electron chi connectivity index (χ0n) is 15.0. The minimum atomic E-state index is -0.478. The van der Waals surface area contributed by atoms with Crippen molar-refractivity contribution < 1.29 is 14.4 Å². The van der Waals surface area contributed by atoms with Crippen molar-refractivity contribution in [1.29, 1.82) is 0 Å². The first kappa shape index (κ1) is 20.6. The zero-order chi connectivity index (χ0) is 20.3. The van der Waals surface area contributed by atoms with Crippen molar-refractivity contribution in [3.8, 4) is 0 Å². The van der Waals surface area contributed by atoms with Gasteiger partial charge in [-0.25, -0.2) is 4.79 Å². The Morgan fingerprint density at radius 3 is 2.61 bits per heavy atom. The van der Waals surface area contributed by atoms with Gasteiger partial charge in [0.1, 0.15) is 0 Å². The van der Waals surface area contributed by atoms with E-state index in [0.29, 0.717) is 32.7 Å². The molecule has 0 radical (unpaired) electrons. The van der Waals surface area contributed by atoms with Gasteiger partial charge < -0.3 is 9.74 Å². The number of nitrogens with zero attached hydrogens (tertiary/aromatic N) is 2. The van der Waals surface area contributed by atoms with Crippen LogP contribution in [0.5, 0.6) is 0 Å². The van der Waals surface area contributed by atoms with Crippen LogP contribution >= 0.6 is 34.8 Å². The number of benzene rings is 2. The van der Waals surface area contributed by atoms with Crippen molar-refractivity contribution >= 4 is 58.1 Å². The number of oxime groups is 1. The van der Waals surface area contributed by atoms with Crippen LogP contribution in [0.15, 0.2) is 41.6 Å². The molecule has 0 saturated heterocycles. The molecular weight excluding hydrogens is 423 g/mol. The first-order valence-corrected chi connectivity index (χ1v) is 9.87. The molecule has 0 spiro atoms. The van der Waals surface area contributed by atoms with E-state index in [1.165, 1.54) is 4.90 Å². The van der Waals surface area contributed by atoms with Crippen LogP contribution in [0.1, 0.15) is 37.3 Å². The lowest BCUT2D eigenvalue weighted by molar-refractivity contribution is -0.143. The molecule has 2 aromatic carbocycles. The van der Waals surface area contributed by atoms with Gasteiger partial charge in [-0.05, 0) is 42.3 Å². The van der Waals surface area contributed by atoms with Crippen LogP contribution in [0.4, 0.5) is 5.69 Å². The Bertz CT molecular complexity index is 960. The molecule has 0 bridgehead atoms. The fourth-order valence-corrected chi connectivity index (χ4v) is 3.31. The molecule has 0 aliphatic carbocycles. The second kappa shape index (κ2) is 8.95. The summed E-state index contributed by atoms with van der Waals surface area (Å²) in [5.74, 6) is -0.861. The normalized spacial score (nSPS) is 14.5. The summed E-state index contributed by atoms with van der Waals surface area (Å²) < 4.78 is 0. The number of hydrogen-bond donors (Lipinski definition) is 0. The number of amides is 1. The maximum atomic E-state index is 13.0. The van der Waals surface area contributed by atoms with E-state index in [0.717, 1.165) is 12.0 Å². The van der Waals surface area contributed by atoms with E-state index in [1.54, 1.807) is 36.4 Å². The highest BCUT2D eigenvalue weighted by Crippen LogP contribution is 2.34. The van der Waals surface area contributed by atoms with Crippen molar-refractivity contribution in [2.45, 2.75) is 32.7 Å². The second-order valence-electron chi connectivity index (χ2n) is 6.31. The summed E-state index contributed by atoms with van der Waals surface area (Å²) in [5, 5.41) is 5.13. The van der Waals surface area contributed by atoms with Gasteiger partial charge >= 0.3 is 5.97 Å². The Balaban J connectivity index is 1.90. The molecule has 0 atom stereocenters. The number of carbonyl (C=O) groups is 2. The van der Waals surface area contributed by atoms with E-state index >= 15 is 0 Å². The highest BCUT2D eigenvalue weighted by atomic mass is 35.5. The molecule has 3 rings (SSSR count). The van der Waals surface area contributed by atoms with Crippen LogP contribution < -0.4 is 4.90 Å². The Morgan fingerprint density at radius 1 is 1.11 bits per heavy atom. The molecule has 8 heteroatoms. The van der Waals surface area contributed by atoms with Crippen molar-refractivity contribution in [3.05, 3.63) is 62.6 Å². The largest absolute Gasteiger partial charge is 0.335 e. The summed E-state index contributed by atoms with van der Waals surface area (Å²) in [7, 11) is 0. The average molecular weight is 440 g/mol.